The summed E-state index contributed by atoms with van der Waals surface area (Å²) in [6, 6.07) is 7.46. The summed E-state index contributed by atoms with van der Waals surface area (Å²) in [5.41, 5.74) is 5.03. The summed E-state index contributed by atoms with van der Waals surface area (Å²) in [6.45, 7) is 6.60. The molecule has 0 aliphatic carbocycles. The molecule has 1 fully saturated rings. The van der Waals surface area contributed by atoms with Crippen molar-refractivity contribution in [2.24, 2.45) is 0 Å². The molecular formula is C21H28N6O. The van der Waals surface area contributed by atoms with E-state index in [0.29, 0.717) is 12.1 Å². The SMILES string of the molecule is C[C@H]1CCc2c(ccc3c2nc(CCn2cccn2)n3CCNC2COC2)N1. The number of nitrogens with zero attached hydrogens (tertiary/aromatic N) is 4. The van der Waals surface area contributed by atoms with Gasteiger partial charge in [-0.2, -0.15) is 5.10 Å². The number of aromatic nitrogens is 4. The van der Waals surface area contributed by atoms with Crippen LogP contribution in [0.5, 0.6) is 0 Å². The molecule has 0 amide bonds. The van der Waals surface area contributed by atoms with Crippen LogP contribution >= 0.6 is 0 Å². The zero-order chi connectivity index (χ0) is 18.9. The highest BCUT2D eigenvalue weighted by atomic mass is 16.5. The number of nitrogens with one attached hydrogen (secondary N) is 2. The fraction of sp³-hybridized carbons (Fsp3) is 0.524. The molecule has 7 heteroatoms. The van der Waals surface area contributed by atoms with E-state index >= 15 is 0 Å². The minimum Gasteiger partial charge on any atom is -0.382 e. The first-order valence-electron chi connectivity index (χ1n) is 10.3. The number of hydrogen-bond acceptors (Lipinski definition) is 5. The summed E-state index contributed by atoms with van der Waals surface area (Å²) >= 11 is 0. The van der Waals surface area contributed by atoms with Crippen molar-refractivity contribution in [1.82, 2.24) is 24.6 Å². The third kappa shape index (κ3) is 3.40. The Labute approximate surface area is 165 Å². The van der Waals surface area contributed by atoms with Gasteiger partial charge in [-0.05, 0) is 38.0 Å². The number of fused-ring (bicyclic) bond motifs is 3. The molecule has 1 saturated heterocycles. The van der Waals surface area contributed by atoms with Crippen LogP contribution in [0.4, 0.5) is 5.69 Å². The summed E-state index contributed by atoms with van der Waals surface area (Å²) < 4.78 is 9.64. The first-order valence-corrected chi connectivity index (χ1v) is 10.3. The molecule has 0 saturated carbocycles. The lowest BCUT2D eigenvalue weighted by molar-refractivity contribution is -0.00513. The maximum atomic E-state index is 5.27. The Balaban J connectivity index is 1.44. The van der Waals surface area contributed by atoms with Crippen molar-refractivity contribution in [3.63, 3.8) is 0 Å². The van der Waals surface area contributed by atoms with E-state index < -0.39 is 0 Å². The van der Waals surface area contributed by atoms with Crippen molar-refractivity contribution in [3.8, 4) is 0 Å². The van der Waals surface area contributed by atoms with Gasteiger partial charge >= 0.3 is 0 Å². The molecule has 0 spiro atoms. The van der Waals surface area contributed by atoms with E-state index in [4.69, 9.17) is 9.72 Å². The number of ether oxygens (including phenoxy) is 1. The fourth-order valence-electron chi connectivity index (χ4n) is 4.20. The van der Waals surface area contributed by atoms with Gasteiger partial charge in [0.2, 0.25) is 0 Å². The van der Waals surface area contributed by atoms with E-state index in [1.807, 2.05) is 23.1 Å². The summed E-state index contributed by atoms with van der Waals surface area (Å²) in [5.74, 6) is 1.14. The Hall–Kier alpha value is -2.38. The third-order valence-corrected chi connectivity index (χ3v) is 5.86. The van der Waals surface area contributed by atoms with Crippen molar-refractivity contribution < 1.29 is 4.74 Å². The van der Waals surface area contributed by atoms with E-state index in [-0.39, 0.29) is 0 Å². The van der Waals surface area contributed by atoms with E-state index in [9.17, 15) is 0 Å². The summed E-state index contributed by atoms with van der Waals surface area (Å²) in [4.78, 5) is 5.11. The maximum absolute atomic E-state index is 5.27. The van der Waals surface area contributed by atoms with Crippen molar-refractivity contribution >= 4 is 16.7 Å². The van der Waals surface area contributed by atoms with Gasteiger partial charge in [-0.25, -0.2) is 4.98 Å². The predicted molar refractivity (Wildman–Crippen MR) is 110 cm³/mol. The van der Waals surface area contributed by atoms with Crippen LogP contribution < -0.4 is 10.6 Å². The van der Waals surface area contributed by atoms with Gasteiger partial charge < -0.3 is 19.9 Å². The second-order valence-electron chi connectivity index (χ2n) is 7.93. The Morgan fingerprint density at radius 1 is 1.29 bits per heavy atom. The van der Waals surface area contributed by atoms with Crippen LogP contribution in [0.2, 0.25) is 0 Å². The highest BCUT2D eigenvalue weighted by molar-refractivity contribution is 5.86. The van der Waals surface area contributed by atoms with Crippen molar-refractivity contribution in [2.75, 3.05) is 25.1 Å². The molecule has 148 valence electrons. The van der Waals surface area contributed by atoms with Crippen LogP contribution in [0.1, 0.15) is 24.7 Å². The third-order valence-electron chi connectivity index (χ3n) is 5.86. The number of aryl methyl sites for hydroxylation is 3. The molecule has 5 rings (SSSR count). The molecule has 0 bridgehead atoms. The fourth-order valence-corrected chi connectivity index (χ4v) is 4.20. The number of imidazole rings is 1. The molecule has 2 aliphatic heterocycles. The second-order valence-corrected chi connectivity index (χ2v) is 7.93. The zero-order valence-electron chi connectivity index (χ0n) is 16.4. The lowest BCUT2D eigenvalue weighted by Gasteiger charge is -2.27. The predicted octanol–water partition coefficient (Wildman–Crippen LogP) is 2.21. The lowest BCUT2D eigenvalue weighted by Crippen LogP contribution is -2.46. The van der Waals surface area contributed by atoms with Crippen molar-refractivity contribution in [3.05, 3.63) is 42.0 Å². The molecule has 2 aromatic heterocycles. The average Bonchev–Trinajstić information content (AvgIpc) is 3.29. The Morgan fingerprint density at radius 2 is 2.21 bits per heavy atom. The number of rotatable bonds is 7. The van der Waals surface area contributed by atoms with Gasteiger partial charge in [0.1, 0.15) is 5.82 Å². The molecule has 7 nitrogen and oxygen atoms in total. The number of benzene rings is 1. The highest BCUT2D eigenvalue weighted by Crippen LogP contribution is 2.32. The molecular weight excluding hydrogens is 352 g/mol. The van der Waals surface area contributed by atoms with E-state index in [1.54, 1.807) is 0 Å². The van der Waals surface area contributed by atoms with Gasteiger partial charge in [0.25, 0.3) is 0 Å². The highest BCUT2D eigenvalue weighted by Gasteiger charge is 2.22. The molecule has 0 radical (unpaired) electrons. The molecule has 28 heavy (non-hydrogen) atoms. The standard InChI is InChI=1S/C21H28N6O/c1-15-3-4-17-18(24-15)5-6-19-21(17)25-20(7-11-26-10-2-8-23-26)27(19)12-9-22-16-13-28-14-16/h2,5-6,8,10,15-16,22,24H,3-4,7,9,11-14H2,1H3/t15-/m0/s1. The molecule has 0 unspecified atom stereocenters. The van der Waals surface area contributed by atoms with Crippen molar-refractivity contribution in [2.45, 2.75) is 51.4 Å². The Morgan fingerprint density at radius 3 is 3.00 bits per heavy atom. The van der Waals surface area contributed by atoms with Crippen LogP contribution in [-0.2, 0) is 30.7 Å². The number of hydrogen-bond donors (Lipinski definition) is 2. The van der Waals surface area contributed by atoms with Gasteiger partial charge in [-0.15, -0.1) is 0 Å². The van der Waals surface area contributed by atoms with Crippen LogP contribution in [-0.4, -0.2) is 51.2 Å². The lowest BCUT2D eigenvalue weighted by atomic mass is 9.98. The summed E-state index contributed by atoms with van der Waals surface area (Å²) in [7, 11) is 0. The topological polar surface area (TPSA) is 68.9 Å². The van der Waals surface area contributed by atoms with E-state index in [0.717, 1.165) is 57.9 Å². The monoisotopic (exact) mass is 380 g/mol. The smallest absolute Gasteiger partial charge is 0.111 e. The van der Waals surface area contributed by atoms with Gasteiger partial charge in [0, 0.05) is 55.7 Å². The van der Waals surface area contributed by atoms with Crippen LogP contribution in [0.15, 0.2) is 30.6 Å². The maximum Gasteiger partial charge on any atom is 0.111 e. The van der Waals surface area contributed by atoms with Crippen molar-refractivity contribution in [1.29, 1.82) is 0 Å². The van der Waals surface area contributed by atoms with E-state index in [2.05, 4.69) is 39.4 Å². The van der Waals surface area contributed by atoms with Crippen LogP contribution in [0.3, 0.4) is 0 Å². The Kier molecular flexibility index (Phi) is 4.78. The van der Waals surface area contributed by atoms with Gasteiger partial charge in [0.05, 0.1) is 30.3 Å². The molecule has 2 N–H and O–H groups in total. The normalized spacial score (nSPS) is 19.4. The quantitative estimate of drug-likeness (QED) is 0.658. The second kappa shape index (κ2) is 7.56. The average molecular weight is 380 g/mol. The molecule has 1 atom stereocenters. The molecule has 3 aromatic rings. The summed E-state index contributed by atoms with van der Waals surface area (Å²) in [5, 5.41) is 11.5. The minimum absolute atomic E-state index is 0.501. The molecule has 4 heterocycles. The van der Waals surface area contributed by atoms with Gasteiger partial charge in [-0.3, -0.25) is 4.68 Å². The largest absolute Gasteiger partial charge is 0.382 e. The molecule has 1 aromatic carbocycles. The van der Waals surface area contributed by atoms with Crippen LogP contribution in [0, 0.1) is 0 Å². The minimum atomic E-state index is 0.501. The summed E-state index contributed by atoms with van der Waals surface area (Å²) in [6.07, 6.45) is 6.97. The number of anilines is 1. The van der Waals surface area contributed by atoms with Gasteiger partial charge in [-0.1, -0.05) is 0 Å². The Bertz CT molecular complexity index is 944. The van der Waals surface area contributed by atoms with E-state index in [1.165, 1.54) is 22.3 Å². The van der Waals surface area contributed by atoms with Crippen LogP contribution in [0.25, 0.3) is 11.0 Å². The zero-order valence-corrected chi connectivity index (χ0v) is 16.4. The first-order chi connectivity index (χ1) is 13.8. The first kappa shape index (κ1) is 17.7. The molecule has 2 aliphatic rings. The van der Waals surface area contributed by atoms with Gasteiger partial charge in [0.15, 0.2) is 0 Å².